The standard InChI is InChI=1S/C12H10N6OS/c13-8-5-9(19)18-12(17-8)20-11-10(14)15-6-3-1-2-4-7(6)16-11/h1-5H,(H2,14,15)(H3,13,17,18,19). The lowest BCUT2D eigenvalue weighted by Gasteiger charge is -2.05. The molecule has 1 aromatic carbocycles. The predicted molar refractivity (Wildman–Crippen MR) is 77.3 cm³/mol. The van der Waals surface area contributed by atoms with Crippen LogP contribution in [-0.2, 0) is 0 Å². The summed E-state index contributed by atoms with van der Waals surface area (Å²) >= 11 is 1.11. The van der Waals surface area contributed by atoms with Crippen molar-refractivity contribution in [2.45, 2.75) is 10.2 Å². The molecule has 0 bridgehead atoms. The van der Waals surface area contributed by atoms with Crippen molar-refractivity contribution < 1.29 is 0 Å². The first-order valence-electron chi connectivity index (χ1n) is 5.69. The van der Waals surface area contributed by atoms with E-state index in [0.717, 1.165) is 17.3 Å². The molecule has 0 amide bonds. The smallest absolute Gasteiger partial charge is 0.253 e. The monoisotopic (exact) mass is 286 g/mol. The molecule has 0 saturated carbocycles. The quantitative estimate of drug-likeness (QED) is 0.601. The van der Waals surface area contributed by atoms with Crippen molar-refractivity contribution in [3.8, 4) is 0 Å². The van der Waals surface area contributed by atoms with Gasteiger partial charge in [0, 0.05) is 6.07 Å². The van der Waals surface area contributed by atoms with Crippen molar-refractivity contribution >= 4 is 34.4 Å². The van der Waals surface area contributed by atoms with Gasteiger partial charge in [0.05, 0.1) is 11.0 Å². The number of anilines is 2. The van der Waals surface area contributed by atoms with Crippen molar-refractivity contribution in [3.05, 3.63) is 40.7 Å². The van der Waals surface area contributed by atoms with Crippen molar-refractivity contribution in [2.75, 3.05) is 11.5 Å². The van der Waals surface area contributed by atoms with E-state index in [-0.39, 0.29) is 17.2 Å². The van der Waals surface area contributed by atoms with Gasteiger partial charge in [0.1, 0.15) is 10.8 Å². The maximum atomic E-state index is 11.3. The first kappa shape index (κ1) is 12.4. The maximum Gasteiger partial charge on any atom is 0.253 e. The van der Waals surface area contributed by atoms with E-state index in [1.54, 1.807) is 0 Å². The molecular weight excluding hydrogens is 276 g/mol. The fraction of sp³-hybridized carbons (Fsp3) is 0. The summed E-state index contributed by atoms with van der Waals surface area (Å²) in [6.45, 7) is 0. The van der Waals surface area contributed by atoms with Crippen LogP contribution in [0.2, 0.25) is 0 Å². The Balaban J connectivity index is 2.05. The van der Waals surface area contributed by atoms with Crippen LogP contribution in [0.15, 0.2) is 45.3 Å². The Labute approximate surface area is 117 Å². The van der Waals surface area contributed by atoms with Gasteiger partial charge >= 0.3 is 0 Å². The topological polar surface area (TPSA) is 124 Å². The second-order valence-corrected chi connectivity index (χ2v) is 4.96. The number of fused-ring (bicyclic) bond motifs is 1. The first-order chi connectivity index (χ1) is 9.61. The molecule has 3 aromatic rings. The summed E-state index contributed by atoms with van der Waals surface area (Å²) in [5.74, 6) is 0.419. The van der Waals surface area contributed by atoms with Crippen LogP contribution in [0.1, 0.15) is 0 Å². The molecule has 8 heteroatoms. The SMILES string of the molecule is Nc1cc(=O)[nH]c(Sc2nc3ccccc3nc2N)n1. The lowest BCUT2D eigenvalue weighted by atomic mass is 10.3. The Kier molecular flexibility index (Phi) is 2.99. The fourth-order valence-electron chi connectivity index (χ4n) is 1.67. The molecule has 0 saturated heterocycles. The molecule has 2 aromatic heterocycles. The molecule has 0 spiro atoms. The van der Waals surface area contributed by atoms with Gasteiger partial charge in [-0.15, -0.1) is 0 Å². The Morgan fingerprint density at radius 2 is 1.75 bits per heavy atom. The van der Waals surface area contributed by atoms with E-state index in [4.69, 9.17) is 11.5 Å². The molecule has 0 unspecified atom stereocenters. The van der Waals surface area contributed by atoms with Gasteiger partial charge < -0.3 is 16.5 Å². The second kappa shape index (κ2) is 4.82. The second-order valence-electron chi connectivity index (χ2n) is 3.98. The minimum absolute atomic E-state index is 0.142. The van der Waals surface area contributed by atoms with E-state index in [0.29, 0.717) is 15.7 Å². The summed E-state index contributed by atoms with van der Waals surface area (Å²) in [6, 6.07) is 8.59. The zero-order valence-electron chi connectivity index (χ0n) is 10.2. The van der Waals surface area contributed by atoms with E-state index < -0.39 is 0 Å². The Bertz CT molecular complexity index is 847. The number of para-hydroxylation sites is 2. The third-order valence-corrected chi connectivity index (χ3v) is 3.38. The van der Waals surface area contributed by atoms with Gasteiger partial charge in [-0.1, -0.05) is 12.1 Å². The van der Waals surface area contributed by atoms with Gasteiger partial charge in [-0.3, -0.25) is 4.79 Å². The number of hydrogen-bond donors (Lipinski definition) is 3. The van der Waals surface area contributed by atoms with Gasteiger partial charge in [-0.05, 0) is 23.9 Å². The summed E-state index contributed by atoms with van der Waals surface area (Å²) in [5, 5.41) is 0.795. The summed E-state index contributed by atoms with van der Waals surface area (Å²) < 4.78 is 0. The molecule has 3 rings (SSSR count). The number of hydrogen-bond acceptors (Lipinski definition) is 7. The van der Waals surface area contributed by atoms with Crippen LogP contribution >= 0.6 is 11.8 Å². The Hall–Kier alpha value is -2.61. The summed E-state index contributed by atoms with van der Waals surface area (Å²) in [6.07, 6.45) is 0. The molecular formula is C12H10N6OS. The van der Waals surface area contributed by atoms with Crippen LogP contribution < -0.4 is 17.0 Å². The zero-order valence-corrected chi connectivity index (χ0v) is 11.0. The van der Waals surface area contributed by atoms with Gasteiger partial charge in [-0.2, -0.15) is 0 Å². The lowest BCUT2D eigenvalue weighted by Crippen LogP contribution is -2.09. The summed E-state index contributed by atoms with van der Waals surface area (Å²) in [5.41, 5.74) is 12.5. The molecule has 0 fully saturated rings. The van der Waals surface area contributed by atoms with Crippen LogP contribution in [-0.4, -0.2) is 19.9 Å². The van der Waals surface area contributed by atoms with Gasteiger partial charge in [0.15, 0.2) is 11.0 Å². The molecule has 0 aliphatic heterocycles. The normalized spacial score (nSPS) is 10.8. The van der Waals surface area contributed by atoms with E-state index in [9.17, 15) is 4.79 Å². The molecule has 100 valence electrons. The molecule has 0 aliphatic carbocycles. The highest BCUT2D eigenvalue weighted by molar-refractivity contribution is 7.99. The van der Waals surface area contributed by atoms with E-state index >= 15 is 0 Å². The van der Waals surface area contributed by atoms with Crippen LogP contribution in [0.3, 0.4) is 0 Å². The number of benzene rings is 1. The molecule has 20 heavy (non-hydrogen) atoms. The summed E-state index contributed by atoms with van der Waals surface area (Å²) in [4.78, 5) is 26.6. The third-order valence-electron chi connectivity index (χ3n) is 2.50. The highest BCUT2D eigenvalue weighted by Gasteiger charge is 2.09. The van der Waals surface area contributed by atoms with Crippen LogP contribution in [0.4, 0.5) is 11.6 Å². The number of nitrogens with one attached hydrogen (secondary N) is 1. The minimum atomic E-state index is -0.327. The number of nitrogens with zero attached hydrogens (tertiary/aromatic N) is 3. The molecule has 2 heterocycles. The van der Waals surface area contributed by atoms with Crippen molar-refractivity contribution in [2.24, 2.45) is 0 Å². The highest BCUT2D eigenvalue weighted by Crippen LogP contribution is 2.28. The van der Waals surface area contributed by atoms with Gasteiger partial charge in [-0.25, -0.2) is 15.0 Å². The largest absolute Gasteiger partial charge is 0.383 e. The number of aromatic nitrogens is 4. The highest BCUT2D eigenvalue weighted by atomic mass is 32.2. The fourth-order valence-corrected chi connectivity index (χ4v) is 2.45. The molecule has 0 radical (unpaired) electrons. The van der Waals surface area contributed by atoms with E-state index in [1.807, 2.05) is 24.3 Å². The summed E-state index contributed by atoms with van der Waals surface area (Å²) in [7, 11) is 0. The maximum absolute atomic E-state index is 11.3. The average molecular weight is 286 g/mol. The molecule has 7 nitrogen and oxygen atoms in total. The van der Waals surface area contributed by atoms with Gasteiger partial charge in [0.25, 0.3) is 5.56 Å². The minimum Gasteiger partial charge on any atom is -0.383 e. The molecule has 5 N–H and O–H groups in total. The van der Waals surface area contributed by atoms with Crippen molar-refractivity contribution in [1.82, 2.24) is 19.9 Å². The molecule has 0 aliphatic rings. The number of nitrogens with two attached hydrogens (primary N) is 2. The Morgan fingerprint density at radius 3 is 2.45 bits per heavy atom. The number of aromatic amines is 1. The van der Waals surface area contributed by atoms with E-state index in [2.05, 4.69) is 19.9 Å². The Morgan fingerprint density at radius 1 is 1.05 bits per heavy atom. The van der Waals surface area contributed by atoms with Crippen molar-refractivity contribution in [3.63, 3.8) is 0 Å². The number of H-pyrrole nitrogens is 1. The van der Waals surface area contributed by atoms with Crippen LogP contribution in [0.5, 0.6) is 0 Å². The van der Waals surface area contributed by atoms with Gasteiger partial charge in [0.2, 0.25) is 0 Å². The van der Waals surface area contributed by atoms with Crippen LogP contribution in [0.25, 0.3) is 11.0 Å². The van der Waals surface area contributed by atoms with Crippen LogP contribution in [0, 0.1) is 0 Å². The third kappa shape index (κ3) is 2.41. The molecule has 0 atom stereocenters. The first-order valence-corrected chi connectivity index (χ1v) is 6.50. The zero-order chi connectivity index (χ0) is 14.1. The van der Waals surface area contributed by atoms with Crippen molar-refractivity contribution in [1.29, 1.82) is 0 Å². The number of nitrogen functional groups attached to an aromatic ring is 2. The van der Waals surface area contributed by atoms with E-state index in [1.165, 1.54) is 6.07 Å². The average Bonchev–Trinajstić information content (AvgIpc) is 2.38. The lowest BCUT2D eigenvalue weighted by molar-refractivity contribution is 0.940. The predicted octanol–water partition coefficient (Wildman–Crippen LogP) is 1.03. The number of rotatable bonds is 2.